The van der Waals surface area contributed by atoms with Crippen LogP contribution in [-0.2, 0) is 6.54 Å². The number of methoxy groups -OCH3 is 3. The smallest absolute Gasteiger partial charge is 0.203 e. The van der Waals surface area contributed by atoms with Crippen molar-refractivity contribution in [1.29, 1.82) is 0 Å². The third-order valence-corrected chi connectivity index (χ3v) is 7.21. The molecular weight excluding hydrogens is 390 g/mol. The van der Waals surface area contributed by atoms with E-state index in [1.54, 1.807) is 21.3 Å². The average molecular weight is 426 g/mol. The van der Waals surface area contributed by atoms with Crippen molar-refractivity contribution in [2.24, 2.45) is 5.92 Å². The quantitative estimate of drug-likeness (QED) is 0.714. The second kappa shape index (κ2) is 9.09. The van der Waals surface area contributed by atoms with E-state index in [0.29, 0.717) is 17.2 Å². The number of aryl methyl sites for hydroxylation is 1. The van der Waals surface area contributed by atoms with Crippen molar-refractivity contribution in [1.82, 2.24) is 4.90 Å². The van der Waals surface area contributed by atoms with Crippen molar-refractivity contribution in [2.45, 2.75) is 57.2 Å². The van der Waals surface area contributed by atoms with Gasteiger partial charge in [-0.1, -0.05) is 42.7 Å². The first-order chi connectivity index (χ1) is 15.0. The molecule has 0 bridgehead atoms. The van der Waals surface area contributed by atoms with Crippen LogP contribution in [0.3, 0.4) is 0 Å². The van der Waals surface area contributed by atoms with E-state index in [-0.39, 0.29) is 12.0 Å². The Bertz CT molecular complexity index is 872. The van der Waals surface area contributed by atoms with Gasteiger partial charge in [-0.05, 0) is 49.4 Å². The highest BCUT2D eigenvalue weighted by Gasteiger charge is 2.49. The maximum atomic E-state index is 11.6. The summed E-state index contributed by atoms with van der Waals surface area (Å²) >= 11 is 0. The monoisotopic (exact) mass is 425 g/mol. The number of aliphatic hydroxyl groups is 1. The molecule has 1 N–H and O–H groups in total. The maximum Gasteiger partial charge on any atom is 0.203 e. The summed E-state index contributed by atoms with van der Waals surface area (Å²) in [5.41, 5.74) is 3.08. The van der Waals surface area contributed by atoms with Crippen LogP contribution >= 0.6 is 0 Å². The Morgan fingerprint density at radius 2 is 1.65 bits per heavy atom. The van der Waals surface area contributed by atoms with Gasteiger partial charge in [0.25, 0.3) is 0 Å². The molecule has 5 heteroatoms. The van der Waals surface area contributed by atoms with Crippen molar-refractivity contribution in [2.75, 3.05) is 27.9 Å². The number of fused-ring (bicyclic) bond motifs is 1. The summed E-state index contributed by atoms with van der Waals surface area (Å²) in [6, 6.07) is 13.0. The molecule has 2 fully saturated rings. The molecule has 0 aromatic heterocycles. The molecule has 4 rings (SSSR count). The molecule has 1 saturated heterocycles. The molecular formula is C26H35NO4. The Morgan fingerprint density at radius 1 is 0.968 bits per heavy atom. The number of likely N-dealkylation sites (tertiary alicyclic amines) is 1. The molecule has 0 spiro atoms. The van der Waals surface area contributed by atoms with Gasteiger partial charge in [0, 0.05) is 25.0 Å². The second-order valence-corrected chi connectivity index (χ2v) is 9.07. The van der Waals surface area contributed by atoms with Crippen LogP contribution in [0.15, 0.2) is 36.4 Å². The lowest BCUT2D eigenvalue weighted by Gasteiger charge is -2.53. The van der Waals surface area contributed by atoms with Crippen LogP contribution < -0.4 is 14.2 Å². The number of benzene rings is 2. The summed E-state index contributed by atoms with van der Waals surface area (Å²) in [5.74, 6) is 2.12. The molecule has 0 amide bonds. The molecule has 168 valence electrons. The van der Waals surface area contributed by atoms with Gasteiger partial charge in [0.05, 0.1) is 26.9 Å². The maximum absolute atomic E-state index is 11.6. The molecule has 2 aromatic carbocycles. The third-order valence-electron chi connectivity index (χ3n) is 7.21. The molecule has 5 nitrogen and oxygen atoms in total. The molecule has 0 radical (unpaired) electrons. The largest absolute Gasteiger partial charge is 0.493 e. The first kappa shape index (κ1) is 22.0. The summed E-state index contributed by atoms with van der Waals surface area (Å²) in [6.07, 6.45) is 5.00. The van der Waals surface area contributed by atoms with E-state index in [0.717, 1.165) is 50.8 Å². The van der Waals surface area contributed by atoms with Crippen molar-refractivity contribution in [3.05, 3.63) is 53.1 Å². The van der Waals surface area contributed by atoms with Crippen LogP contribution in [0.4, 0.5) is 0 Å². The number of hydrogen-bond donors (Lipinski definition) is 1. The van der Waals surface area contributed by atoms with Gasteiger partial charge in [0.2, 0.25) is 5.75 Å². The average Bonchev–Trinajstić information content (AvgIpc) is 2.79. The number of nitrogens with zero attached hydrogens (tertiary/aromatic N) is 1. The summed E-state index contributed by atoms with van der Waals surface area (Å²) in [6.45, 7) is 3.84. The summed E-state index contributed by atoms with van der Waals surface area (Å²) < 4.78 is 16.9. The SMILES string of the molecule is COc1cc([C@H]2[C@H]3CCCC[C@]3(O)CCN2Cc2ccc(C)cc2)cc(OC)c1OC. The van der Waals surface area contributed by atoms with Gasteiger partial charge in [-0.25, -0.2) is 0 Å². The van der Waals surface area contributed by atoms with Gasteiger partial charge in [-0.3, -0.25) is 4.90 Å². The lowest BCUT2D eigenvalue weighted by molar-refractivity contribution is -0.126. The van der Waals surface area contributed by atoms with Crippen LogP contribution in [0.5, 0.6) is 17.2 Å². The van der Waals surface area contributed by atoms with Crippen LogP contribution in [-0.4, -0.2) is 43.5 Å². The van der Waals surface area contributed by atoms with E-state index in [9.17, 15) is 5.11 Å². The van der Waals surface area contributed by atoms with Crippen LogP contribution in [0.1, 0.15) is 54.8 Å². The molecule has 1 heterocycles. The third kappa shape index (κ3) is 4.26. The van der Waals surface area contributed by atoms with Gasteiger partial charge >= 0.3 is 0 Å². The highest BCUT2D eigenvalue weighted by Crippen LogP contribution is 2.51. The Labute approximate surface area is 185 Å². The standard InChI is InChI=1S/C26H35NO4/c1-18-8-10-19(11-9-18)17-27-14-13-26(28)12-6-5-7-21(26)24(27)20-15-22(29-2)25(31-4)23(16-20)30-3/h8-11,15-16,21,24,28H,5-7,12-14,17H2,1-4H3/t21-,24+,26+/m1/s1. The van der Waals surface area contributed by atoms with E-state index in [2.05, 4.69) is 48.2 Å². The van der Waals surface area contributed by atoms with Crippen molar-refractivity contribution >= 4 is 0 Å². The fourth-order valence-corrected chi connectivity index (χ4v) is 5.56. The zero-order valence-corrected chi connectivity index (χ0v) is 19.2. The first-order valence-corrected chi connectivity index (χ1v) is 11.3. The van der Waals surface area contributed by atoms with Gasteiger partial charge < -0.3 is 19.3 Å². The molecule has 31 heavy (non-hydrogen) atoms. The van der Waals surface area contributed by atoms with Crippen LogP contribution in [0.2, 0.25) is 0 Å². The molecule has 3 atom stereocenters. The Hall–Kier alpha value is -2.24. The molecule has 1 aliphatic heterocycles. The minimum Gasteiger partial charge on any atom is -0.493 e. The first-order valence-electron chi connectivity index (χ1n) is 11.3. The highest BCUT2D eigenvalue weighted by molar-refractivity contribution is 5.54. The summed E-state index contributed by atoms with van der Waals surface area (Å²) in [7, 11) is 4.94. The van der Waals surface area contributed by atoms with Crippen molar-refractivity contribution in [3.8, 4) is 17.2 Å². The lowest BCUT2D eigenvalue weighted by Crippen LogP contribution is -2.54. The van der Waals surface area contributed by atoms with Crippen LogP contribution in [0, 0.1) is 12.8 Å². The van der Waals surface area contributed by atoms with E-state index in [1.807, 2.05) is 0 Å². The fraction of sp³-hybridized carbons (Fsp3) is 0.538. The van der Waals surface area contributed by atoms with Crippen molar-refractivity contribution < 1.29 is 19.3 Å². The minimum absolute atomic E-state index is 0.0917. The highest BCUT2D eigenvalue weighted by atomic mass is 16.5. The number of hydrogen-bond acceptors (Lipinski definition) is 5. The Balaban J connectivity index is 1.77. The van der Waals surface area contributed by atoms with Gasteiger partial charge in [0.1, 0.15) is 0 Å². The lowest BCUT2D eigenvalue weighted by atomic mass is 9.66. The van der Waals surface area contributed by atoms with Crippen molar-refractivity contribution in [3.63, 3.8) is 0 Å². The molecule has 2 aliphatic rings. The molecule has 1 saturated carbocycles. The predicted molar refractivity (Wildman–Crippen MR) is 122 cm³/mol. The van der Waals surface area contributed by atoms with E-state index < -0.39 is 5.60 Å². The van der Waals surface area contributed by atoms with Gasteiger partial charge in [0.15, 0.2) is 11.5 Å². The fourth-order valence-electron chi connectivity index (χ4n) is 5.56. The summed E-state index contributed by atoms with van der Waals surface area (Å²) in [5, 5.41) is 11.6. The number of piperidine rings is 1. The van der Waals surface area contributed by atoms with E-state index in [4.69, 9.17) is 14.2 Å². The zero-order chi connectivity index (χ0) is 22.0. The van der Waals surface area contributed by atoms with Crippen LogP contribution in [0.25, 0.3) is 0 Å². The number of ether oxygens (including phenoxy) is 3. The minimum atomic E-state index is -0.604. The predicted octanol–water partition coefficient (Wildman–Crippen LogP) is 4.89. The zero-order valence-electron chi connectivity index (χ0n) is 19.2. The van der Waals surface area contributed by atoms with E-state index in [1.165, 1.54) is 11.1 Å². The molecule has 2 aromatic rings. The normalized spacial score (nSPS) is 26.2. The Kier molecular flexibility index (Phi) is 6.44. The molecule has 0 unspecified atom stereocenters. The van der Waals surface area contributed by atoms with E-state index >= 15 is 0 Å². The Morgan fingerprint density at radius 3 is 2.26 bits per heavy atom. The topological polar surface area (TPSA) is 51.2 Å². The molecule has 1 aliphatic carbocycles. The summed E-state index contributed by atoms with van der Waals surface area (Å²) in [4.78, 5) is 2.52. The van der Waals surface area contributed by atoms with Gasteiger partial charge in [-0.15, -0.1) is 0 Å². The van der Waals surface area contributed by atoms with Gasteiger partial charge in [-0.2, -0.15) is 0 Å². The second-order valence-electron chi connectivity index (χ2n) is 9.07. The number of rotatable bonds is 6.